The van der Waals surface area contributed by atoms with E-state index in [-0.39, 0.29) is 25.0 Å². The molecule has 4 rings (SSSR count). The van der Waals surface area contributed by atoms with E-state index in [2.05, 4.69) is 5.32 Å². The molecule has 3 aromatic rings. The topological polar surface area (TPSA) is 77.1 Å². The molecule has 1 aliphatic heterocycles. The zero-order valence-electron chi connectivity index (χ0n) is 18.8. The first-order valence-corrected chi connectivity index (χ1v) is 11.5. The van der Waals surface area contributed by atoms with Gasteiger partial charge >= 0.3 is 0 Å². The molecule has 1 heterocycles. The Kier molecular flexibility index (Phi) is 7.80. The second-order valence-corrected chi connectivity index (χ2v) is 8.37. The normalized spacial score (nSPS) is 12.8. The third-order valence-corrected chi connectivity index (χ3v) is 5.75. The number of nitrogens with one attached hydrogen (secondary N) is 1. The van der Waals surface area contributed by atoms with Gasteiger partial charge in [-0.05, 0) is 66.2 Å². The minimum atomic E-state index is -0.353. The molecule has 0 aromatic heterocycles. The lowest BCUT2D eigenvalue weighted by atomic mass is 10.2. The Morgan fingerprint density at radius 2 is 1.86 bits per heavy atom. The molecule has 0 saturated heterocycles. The second-order valence-electron chi connectivity index (χ2n) is 7.53. The van der Waals surface area contributed by atoms with E-state index >= 15 is 0 Å². The lowest BCUT2D eigenvalue weighted by molar-refractivity contribution is -0.121. The number of carbonyl (C=O) groups excluding carboxylic acids is 2. The number of halogens is 2. The monoisotopic (exact) mass is 512 g/mol. The maximum atomic E-state index is 12.5. The fraction of sp³-hybridized carbons (Fsp3) is 0.154. The third-order valence-electron chi connectivity index (χ3n) is 5.19. The molecule has 3 aromatic carbocycles. The molecule has 0 fully saturated rings. The fourth-order valence-corrected chi connectivity index (χ4v) is 3.91. The minimum Gasteiger partial charge on any atom is -0.497 e. The van der Waals surface area contributed by atoms with Crippen LogP contribution in [0.3, 0.4) is 0 Å². The summed E-state index contributed by atoms with van der Waals surface area (Å²) in [6.45, 7) is 0.526. The van der Waals surface area contributed by atoms with Gasteiger partial charge < -0.3 is 24.4 Å². The molecule has 7 nitrogen and oxygen atoms in total. The van der Waals surface area contributed by atoms with Crippen molar-refractivity contribution in [3.05, 3.63) is 82.3 Å². The Balaban J connectivity index is 1.41. The maximum absolute atomic E-state index is 12.5. The Hall–Kier alpha value is -3.68. The molecule has 0 unspecified atom stereocenters. The Morgan fingerprint density at radius 1 is 1.09 bits per heavy atom. The van der Waals surface area contributed by atoms with Gasteiger partial charge in [0.25, 0.3) is 5.91 Å². The Morgan fingerprint density at radius 3 is 2.60 bits per heavy atom. The van der Waals surface area contributed by atoms with Crippen LogP contribution in [0.1, 0.15) is 5.56 Å². The summed E-state index contributed by atoms with van der Waals surface area (Å²) in [4.78, 5) is 26.6. The molecule has 0 bridgehead atoms. The summed E-state index contributed by atoms with van der Waals surface area (Å²) in [5.74, 6) is 1.40. The van der Waals surface area contributed by atoms with Crippen molar-refractivity contribution in [1.29, 1.82) is 0 Å². The first-order valence-electron chi connectivity index (χ1n) is 10.7. The minimum absolute atomic E-state index is 0.0637. The van der Waals surface area contributed by atoms with Gasteiger partial charge in [-0.1, -0.05) is 29.3 Å². The smallest absolute Gasteiger partial charge is 0.265 e. The number of anilines is 2. The van der Waals surface area contributed by atoms with E-state index in [9.17, 15) is 9.59 Å². The number of hydrogen-bond acceptors (Lipinski definition) is 5. The van der Waals surface area contributed by atoms with Gasteiger partial charge in [-0.2, -0.15) is 0 Å². The standard InChI is InChI=1S/C26H22Cl2N2O5/c1-33-20-6-8-21(9-7-20)34-13-12-30-23-15-19(5-10-24(23)35-16-26(30)32)29-25(31)11-3-17-2-4-18(27)14-22(17)28/h2-11,14-15H,12-13,16H2,1H3,(H,29,31)/b11-3+. The summed E-state index contributed by atoms with van der Waals surface area (Å²) < 4.78 is 16.5. The van der Waals surface area contributed by atoms with Crippen LogP contribution in [0.15, 0.2) is 66.7 Å². The van der Waals surface area contributed by atoms with Crippen molar-refractivity contribution < 1.29 is 23.8 Å². The van der Waals surface area contributed by atoms with Gasteiger partial charge in [0.1, 0.15) is 23.9 Å². The van der Waals surface area contributed by atoms with Crippen LogP contribution >= 0.6 is 23.2 Å². The van der Waals surface area contributed by atoms with Crippen LogP contribution in [0, 0.1) is 0 Å². The Labute approximate surface area is 212 Å². The molecule has 0 atom stereocenters. The van der Waals surface area contributed by atoms with Crippen LogP contribution in [-0.4, -0.2) is 38.7 Å². The summed E-state index contributed by atoms with van der Waals surface area (Å²) >= 11 is 12.0. The number of fused-ring (bicyclic) bond motifs is 1. The average molecular weight is 513 g/mol. The van der Waals surface area contributed by atoms with Crippen molar-refractivity contribution in [3.8, 4) is 17.2 Å². The molecular weight excluding hydrogens is 491 g/mol. The van der Waals surface area contributed by atoms with Gasteiger partial charge in [-0.25, -0.2) is 0 Å². The highest BCUT2D eigenvalue weighted by atomic mass is 35.5. The van der Waals surface area contributed by atoms with E-state index in [1.165, 1.54) is 6.08 Å². The van der Waals surface area contributed by atoms with E-state index in [4.69, 9.17) is 37.4 Å². The highest BCUT2D eigenvalue weighted by Gasteiger charge is 2.26. The summed E-state index contributed by atoms with van der Waals surface area (Å²) in [5.41, 5.74) is 1.74. The molecule has 0 saturated carbocycles. The molecular formula is C26H22Cl2N2O5. The molecule has 0 aliphatic carbocycles. The maximum Gasteiger partial charge on any atom is 0.265 e. The van der Waals surface area contributed by atoms with Crippen molar-refractivity contribution in [1.82, 2.24) is 0 Å². The van der Waals surface area contributed by atoms with Crippen molar-refractivity contribution in [2.45, 2.75) is 0 Å². The average Bonchev–Trinajstić information content (AvgIpc) is 2.85. The molecule has 180 valence electrons. The molecule has 0 spiro atoms. The molecule has 1 N–H and O–H groups in total. The molecule has 1 aliphatic rings. The largest absolute Gasteiger partial charge is 0.497 e. The molecule has 0 radical (unpaired) electrons. The zero-order valence-corrected chi connectivity index (χ0v) is 20.3. The van der Waals surface area contributed by atoms with Crippen LogP contribution in [0.25, 0.3) is 6.08 Å². The predicted molar refractivity (Wildman–Crippen MR) is 137 cm³/mol. The van der Waals surface area contributed by atoms with Gasteiger partial charge in [0, 0.05) is 21.8 Å². The van der Waals surface area contributed by atoms with Crippen LogP contribution in [0.4, 0.5) is 11.4 Å². The van der Waals surface area contributed by atoms with E-state index in [0.29, 0.717) is 45.0 Å². The number of amides is 2. The number of hydrogen-bond donors (Lipinski definition) is 1. The summed E-state index contributed by atoms with van der Waals surface area (Å²) in [7, 11) is 1.60. The SMILES string of the molecule is COc1ccc(OCCN2C(=O)COc3ccc(NC(=O)/C=C/c4ccc(Cl)cc4Cl)cc32)cc1. The van der Waals surface area contributed by atoms with Crippen LogP contribution in [0.2, 0.25) is 10.0 Å². The number of carbonyl (C=O) groups is 2. The van der Waals surface area contributed by atoms with E-state index in [1.807, 2.05) is 0 Å². The highest BCUT2D eigenvalue weighted by molar-refractivity contribution is 6.35. The summed E-state index contributed by atoms with van der Waals surface area (Å²) in [5, 5.41) is 3.75. The summed E-state index contributed by atoms with van der Waals surface area (Å²) in [6.07, 6.45) is 2.97. The number of benzene rings is 3. The van der Waals surface area contributed by atoms with Gasteiger partial charge in [0.15, 0.2) is 6.61 Å². The van der Waals surface area contributed by atoms with E-state index in [0.717, 1.165) is 5.75 Å². The van der Waals surface area contributed by atoms with Crippen molar-refractivity contribution >= 4 is 52.5 Å². The Bertz CT molecular complexity index is 1260. The zero-order chi connectivity index (χ0) is 24.8. The lowest BCUT2D eigenvalue weighted by Crippen LogP contribution is -2.41. The first-order chi connectivity index (χ1) is 16.9. The number of ether oxygens (including phenoxy) is 3. The second kappa shape index (κ2) is 11.2. The van der Waals surface area contributed by atoms with Crippen LogP contribution in [-0.2, 0) is 9.59 Å². The third kappa shape index (κ3) is 6.26. The predicted octanol–water partition coefficient (Wildman–Crippen LogP) is 5.46. The van der Waals surface area contributed by atoms with Crippen molar-refractivity contribution in [3.63, 3.8) is 0 Å². The van der Waals surface area contributed by atoms with E-state index in [1.54, 1.807) is 78.7 Å². The van der Waals surface area contributed by atoms with Crippen LogP contribution in [0.5, 0.6) is 17.2 Å². The van der Waals surface area contributed by atoms with Gasteiger partial charge in [0.2, 0.25) is 5.91 Å². The van der Waals surface area contributed by atoms with E-state index < -0.39 is 0 Å². The molecule has 2 amide bonds. The quantitative estimate of drug-likeness (QED) is 0.405. The molecule has 9 heteroatoms. The molecule has 35 heavy (non-hydrogen) atoms. The fourth-order valence-electron chi connectivity index (χ4n) is 3.44. The van der Waals surface area contributed by atoms with Gasteiger partial charge in [-0.3, -0.25) is 9.59 Å². The summed E-state index contributed by atoms with van der Waals surface area (Å²) in [6, 6.07) is 17.3. The van der Waals surface area contributed by atoms with Gasteiger partial charge in [-0.15, -0.1) is 0 Å². The van der Waals surface area contributed by atoms with Gasteiger partial charge in [0.05, 0.1) is 19.3 Å². The first kappa shape index (κ1) is 24.4. The lowest BCUT2D eigenvalue weighted by Gasteiger charge is -2.29. The highest BCUT2D eigenvalue weighted by Crippen LogP contribution is 2.34. The number of methoxy groups -OCH3 is 1. The number of nitrogens with zero attached hydrogens (tertiary/aromatic N) is 1. The van der Waals surface area contributed by atoms with Crippen LogP contribution < -0.4 is 24.4 Å². The van der Waals surface area contributed by atoms with Crippen molar-refractivity contribution in [2.75, 3.05) is 37.1 Å². The van der Waals surface area contributed by atoms with Crippen molar-refractivity contribution in [2.24, 2.45) is 0 Å². The number of rotatable bonds is 8.